The molecular weight excluding hydrogens is 346 g/mol. The van der Waals surface area contributed by atoms with Gasteiger partial charge in [0.05, 0.1) is 0 Å². The first-order valence-electron chi connectivity index (χ1n) is 6.04. The molecule has 0 aliphatic rings. The first kappa shape index (κ1) is 19.0. The summed E-state index contributed by atoms with van der Waals surface area (Å²) in [6, 6.07) is -0.108. The Morgan fingerprint density at radius 2 is 1.61 bits per heavy atom. The van der Waals surface area contributed by atoms with Crippen molar-refractivity contribution < 1.29 is 39.7 Å². The van der Waals surface area contributed by atoms with Crippen molar-refractivity contribution in [1.82, 2.24) is 5.32 Å². The summed E-state index contributed by atoms with van der Waals surface area (Å²) in [7, 11) is -4.79. The van der Waals surface area contributed by atoms with Crippen LogP contribution in [0, 0.1) is 23.3 Å². The quantitative estimate of drug-likeness (QED) is 0.507. The van der Waals surface area contributed by atoms with E-state index in [0.717, 1.165) is 0 Å². The molecule has 1 rings (SSSR count). The van der Waals surface area contributed by atoms with Crippen molar-refractivity contribution in [3.63, 3.8) is 0 Å². The molecule has 0 spiro atoms. The van der Waals surface area contributed by atoms with Gasteiger partial charge >= 0.3 is 16.2 Å². The highest BCUT2D eigenvalue weighted by Crippen LogP contribution is 2.27. The van der Waals surface area contributed by atoms with E-state index in [1.807, 2.05) is 0 Å². The van der Waals surface area contributed by atoms with Crippen LogP contribution in [0.15, 0.2) is 6.07 Å². The van der Waals surface area contributed by atoms with Crippen molar-refractivity contribution in [2.75, 3.05) is 5.88 Å². The molecule has 11 heteroatoms. The van der Waals surface area contributed by atoms with Crippen molar-refractivity contribution in [2.24, 2.45) is 0 Å². The van der Waals surface area contributed by atoms with Crippen LogP contribution in [-0.4, -0.2) is 26.0 Å². The van der Waals surface area contributed by atoms with Gasteiger partial charge in [-0.05, 0) is 20.8 Å². The number of benzene rings is 1. The van der Waals surface area contributed by atoms with Crippen molar-refractivity contribution in [3.8, 4) is 5.75 Å². The standard InChI is InChI=1S/C12H13F4NO5S/c1-12(2,3)21-11(18)17-5-23(19,20)22-10-8(15)6(13)4-7(14)9(10)16/h4H,5H2,1-3H3,(H,17,18). The zero-order chi connectivity index (χ0) is 18.0. The van der Waals surface area contributed by atoms with Crippen molar-refractivity contribution in [3.05, 3.63) is 29.3 Å². The average molecular weight is 359 g/mol. The van der Waals surface area contributed by atoms with Crippen molar-refractivity contribution in [2.45, 2.75) is 26.4 Å². The molecule has 0 saturated carbocycles. The van der Waals surface area contributed by atoms with Gasteiger partial charge in [-0.15, -0.1) is 0 Å². The first-order chi connectivity index (χ1) is 10.3. The first-order valence-corrected chi connectivity index (χ1v) is 7.62. The fraction of sp³-hybridized carbons (Fsp3) is 0.417. The average Bonchev–Trinajstić information content (AvgIpc) is 2.37. The van der Waals surface area contributed by atoms with Gasteiger partial charge in [0.15, 0.2) is 17.5 Å². The Morgan fingerprint density at radius 3 is 2.04 bits per heavy atom. The second-order valence-corrected chi connectivity index (χ2v) is 6.83. The largest absolute Gasteiger partial charge is 0.444 e. The minimum atomic E-state index is -4.79. The number of carbonyl (C=O) groups is 1. The number of rotatable bonds is 4. The van der Waals surface area contributed by atoms with Gasteiger partial charge < -0.3 is 14.2 Å². The molecule has 0 radical (unpaired) electrons. The fourth-order valence-electron chi connectivity index (χ4n) is 1.24. The number of amides is 1. The van der Waals surface area contributed by atoms with E-state index in [0.29, 0.717) is 0 Å². The van der Waals surface area contributed by atoms with E-state index in [1.54, 1.807) is 5.32 Å². The van der Waals surface area contributed by atoms with Crippen LogP contribution in [0.4, 0.5) is 22.4 Å². The number of halogens is 4. The van der Waals surface area contributed by atoms with E-state index in [1.165, 1.54) is 20.8 Å². The molecule has 130 valence electrons. The van der Waals surface area contributed by atoms with Gasteiger partial charge in [-0.2, -0.15) is 17.2 Å². The molecule has 1 N–H and O–H groups in total. The SMILES string of the molecule is CC(C)(C)OC(=O)NCS(=O)(=O)Oc1c(F)c(F)cc(F)c1F. The van der Waals surface area contributed by atoms with Gasteiger partial charge in [0.1, 0.15) is 5.60 Å². The maximum atomic E-state index is 13.3. The highest BCUT2D eigenvalue weighted by molar-refractivity contribution is 7.87. The summed E-state index contributed by atoms with van der Waals surface area (Å²) in [5.74, 6) is -10.7. The van der Waals surface area contributed by atoms with Gasteiger partial charge in [0, 0.05) is 6.07 Å². The zero-order valence-electron chi connectivity index (χ0n) is 12.2. The maximum Gasteiger partial charge on any atom is 0.408 e. The molecule has 0 aliphatic heterocycles. The predicted molar refractivity (Wildman–Crippen MR) is 70.1 cm³/mol. The Kier molecular flexibility index (Phi) is 5.46. The van der Waals surface area contributed by atoms with E-state index in [-0.39, 0.29) is 6.07 Å². The van der Waals surface area contributed by atoms with Crippen LogP contribution >= 0.6 is 0 Å². The third-order valence-electron chi connectivity index (χ3n) is 2.07. The second kappa shape index (κ2) is 6.60. The Morgan fingerprint density at radius 1 is 1.13 bits per heavy atom. The smallest absolute Gasteiger partial charge is 0.408 e. The van der Waals surface area contributed by atoms with Gasteiger partial charge in [-0.25, -0.2) is 13.6 Å². The summed E-state index contributed by atoms with van der Waals surface area (Å²) in [6.45, 7) is 4.54. The molecule has 1 aromatic rings. The summed E-state index contributed by atoms with van der Waals surface area (Å²) in [5.41, 5.74) is -0.918. The van der Waals surface area contributed by atoms with Crippen LogP contribution in [0.3, 0.4) is 0 Å². The monoisotopic (exact) mass is 359 g/mol. The summed E-state index contributed by atoms with van der Waals surface area (Å²) >= 11 is 0. The predicted octanol–water partition coefficient (Wildman–Crippen LogP) is 2.43. The molecule has 0 aromatic heterocycles. The molecule has 0 unspecified atom stereocenters. The molecule has 1 aromatic carbocycles. The molecule has 23 heavy (non-hydrogen) atoms. The lowest BCUT2D eigenvalue weighted by Crippen LogP contribution is -2.36. The zero-order valence-corrected chi connectivity index (χ0v) is 13.1. The summed E-state index contributed by atoms with van der Waals surface area (Å²) < 4.78 is 84.3. The van der Waals surface area contributed by atoms with Gasteiger partial charge in [0.2, 0.25) is 17.4 Å². The number of carbonyl (C=O) groups excluding carboxylic acids is 1. The van der Waals surface area contributed by atoms with E-state index in [2.05, 4.69) is 4.18 Å². The lowest BCUT2D eigenvalue weighted by molar-refractivity contribution is 0.0536. The highest BCUT2D eigenvalue weighted by Gasteiger charge is 2.26. The lowest BCUT2D eigenvalue weighted by Gasteiger charge is -2.19. The normalized spacial score (nSPS) is 12.0. The fourth-order valence-corrected chi connectivity index (χ4v) is 2.00. The molecule has 0 atom stereocenters. The van der Waals surface area contributed by atoms with Crippen LogP contribution in [0.5, 0.6) is 5.75 Å². The minimum Gasteiger partial charge on any atom is -0.444 e. The van der Waals surface area contributed by atoms with Crippen LogP contribution in [0.1, 0.15) is 20.8 Å². The molecule has 0 heterocycles. The molecule has 0 fully saturated rings. The Balaban J connectivity index is 2.87. The van der Waals surface area contributed by atoms with E-state index in [9.17, 15) is 30.8 Å². The van der Waals surface area contributed by atoms with Gasteiger partial charge in [-0.3, -0.25) is 0 Å². The molecule has 0 bridgehead atoms. The maximum absolute atomic E-state index is 13.3. The molecule has 0 saturated heterocycles. The Labute approximate surface area is 129 Å². The summed E-state index contributed by atoms with van der Waals surface area (Å²) in [4.78, 5) is 11.3. The van der Waals surface area contributed by atoms with Crippen molar-refractivity contribution in [1.29, 1.82) is 0 Å². The number of ether oxygens (including phenoxy) is 1. The van der Waals surface area contributed by atoms with Crippen LogP contribution < -0.4 is 9.50 Å². The minimum absolute atomic E-state index is 0.108. The number of nitrogens with one attached hydrogen (secondary N) is 1. The summed E-state index contributed by atoms with van der Waals surface area (Å²) in [6.07, 6.45) is -1.14. The number of hydrogen-bond acceptors (Lipinski definition) is 5. The molecule has 0 aliphatic carbocycles. The third-order valence-corrected chi connectivity index (χ3v) is 2.99. The van der Waals surface area contributed by atoms with Crippen LogP contribution in [0.25, 0.3) is 0 Å². The lowest BCUT2D eigenvalue weighted by atomic mass is 10.2. The van der Waals surface area contributed by atoms with Crippen LogP contribution in [-0.2, 0) is 14.9 Å². The van der Waals surface area contributed by atoms with Gasteiger partial charge in [0.25, 0.3) is 0 Å². The topological polar surface area (TPSA) is 81.7 Å². The highest BCUT2D eigenvalue weighted by atomic mass is 32.2. The molecule has 1 amide bonds. The van der Waals surface area contributed by atoms with Crippen LogP contribution in [0.2, 0.25) is 0 Å². The van der Waals surface area contributed by atoms with Gasteiger partial charge in [-0.1, -0.05) is 0 Å². The number of hydrogen-bond donors (Lipinski definition) is 1. The number of alkyl carbamates (subject to hydrolysis) is 1. The van der Waals surface area contributed by atoms with Crippen molar-refractivity contribution >= 4 is 16.2 Å². The molecule has 6 nitrogen and oxygen atoms in total. The summed E-state index contributed by atoms with van der Waals surface area (Å²) in [5, 5.41) is 1.76. The Bertz CT molecular complexity index is 689. The van der Waals surface area contributed by atoms with E-state index >= 15 is 0 Å². The third kappa shape index (κ3) is 5.58. The Hall–Kier alpha value is -2.04. The molecular formula is C12H13F4NO5S. The van der Waals surface area contributed by atoms with E-state index in [4.69, 9.17) is 4.74 Å². The second-order valence-electron chi connectivity index (χ2n) is 5.26. The van der Waals surface area contributed by atoms with E-state index < -0.39 is 56.7 Å².